The molecule has 0 saturated carbocycles. The van der Waals surface area contributed by atoms with Crippen LogP contribution in [0.3, 0.4) is 0 Å². The van der Waals surface area contributed by atoms with Gasteiger partial charge in [-0.1, -0.05) is 0 Å². The first kappa shape index (κ1) is 11.6. The van der Waals surface area contributed by atoms with Crippen LogP contribution in [0.1, 0.15) is 12.8 Å². The van der Waals surface area contributed by atoms with Gasteiger partial charge in [-0.3, -0.25) is 9.48 Å². The van der Waals surface area contributed by atoms with Crippen molar-refractivity contribution in [2.75, 3.05) is 13.7 Å². The SMILES string of the molecule is CN1C(=O)CCC1C(=O)OCCn1cccn1. The summed E-state index contributed by atoms with van der Waals surface area (Å²) in [5, 5.41) is 4.00. The monoisotopic (exact) mass is 237 g/mol. The highest BCUT2D eigenvalue weighted by Crippen LogP contribution is 2.17. The minimum Gasteiger partial charge on any atom is -0.462 e. The first-order chi connectivity index (χ1) is 8.18. The Labute approximate surface area is 99.1 Å². The predicted molar refractivity (Wildman–Crippen MR) is 59.0 cm³/mol. The van der Waals surface area contributed by atoms with Crippen LogP contribution in [0.25, 0.3) is 0 Å². The number of likely N-dealkylation sites (N-methyl/N-ethyl adjacent to an activating group) is 1. The van der Waals surface area contributed by atoms with Gasteiger partial charge in [0.25, 0.3) is 0 Å². The minimum atomic E-state index is -0.417. The predicted octanol–water partition coefficient (Wildman–Crippen LogP) is 0.0471. The van der Waals surface area contributed by atoms with Gasteiger partial charge in [-0.25, -0.2) is 4.79 Å². The van der Waals surface area contributed by atoms with Crippen LogP contribution in [0.15, 0.2) is 18.5 Å². The highest BCUT2D eigenvalue weighted by atomic mass is 16.5. The third kappa shape index (κ3) is 2.64. The zero-order valence-electron chi connectivity index (χ0n) is 9.70. The lowest BCUT2D eigenvalue weighted by molar-refractivity contribution is -0.151. The lowest BCUT2D eigenvalue weighted by Gasteiger charge is -2.18. The van der Waals surface area contributed by atoms with Crippen molar-refractivity contribution in [1.82, 2.24) is 14.7 Å². The van der Waals surface area contributed by atoms with Gasteiger partial charge in [0.2, 0.25) is 5.91 Å². The van der Waals surface area contributed by atoms with E-state index in [1.165, 1.54) is 4.90 Å². The molecule has 0 N–H and O–H groups in total. The number of amides is 1. The minimum absolute atomic E-state index is 0.000902. The molecule has 1 amide bonds. The van der Waals surface area contributed by atoms with Crippen LogP contribution < -0.4 is 0 Å². The number of carbonyl (C=O) groups excluding carboxylic acids is 2. The second-order valence-corrected chi connectivity index (χ2v) is 4.00. The van der Waals surface area contributed by atoms with E-state index in [0.29, 0.717) is 19.4 Å². The van der Waals surface area contributed by atoms with Gasteiger partial charge in [-0.2, -0.15) is 5.10 Å². The number of hydrogen-bond acceptors (Lipinski definition) is 4. The quantitative estimate of drug-likeness (QED) is 0.694. The molecule has 1 aliphatic rings. The maximum atomic E-state index is 11.7. The average Bonchev–Trinajstić information content (AvgIpc) is 2.91. The molecule has 0 bridgehead atoms. The number of likely N-dealkylation sites (tertiary alicyclic amines) is 1. The second-order valence-electron chi connectivity index (χ2n) is 4.00. The molecule has 17 heavy (non-hydrogen) atoms. The molecule has 1 fully saturated rings. The van der Waals surface area contributed by atoms with Crippen LogP contribution in [0, 0.1) is 0 Å². The normalized spacial score (nSPS) is 19.7. The first-order valence-corrected chi connectivity index (χ1v) is 5.58. The molecule has 1 saturated heterocycles. The maximum absolute atomic E-state index is 11.7. The summed E-state index contributed by atoms with van der Waals surface area (Å²) in [6.07, 6.45) is 4.45. The van der Waals surface area contributed by atoms with Gasteiger partial charge in [0, 0.05) is 25.9 Å². The van der Waals surface area contributed by atoms with Crippen LogP contribution in [-0.2, 0) is 20.9 Å². The Hall–Kier alpha value is -1.85. The van der Waals surface area contributed by atoms with Crippen molar-refractivity contribution in [3.63, 3.8) is 0 Å². The van der Waals surface area contributed by atoms with Crippen LogP contribution in [0.4, 0.5) is 0 Å². The molecule has 0 aromatic carbocycles. The van der Waals surface area contributed by atoms with Crippen molar-refractivity contribution in [2.24, 2.45) is 0 Å². The molecule has 2 rings (SSSR count). The molecule has 0 aliphatic carbocycles. The fourth-order valence-corrected chi connectivity index (χ4v) is 1.85. The van der Waals surface area contributed by atoms with Gasteiger partial charge in [0.1, 0.15) is 12.6 Å². The van der Waals surface area contributed by atoms with E-state index < -0.39 is 6.04 Å². The Morgan fingerprint density at radius 2 is 2.47 bits per heavy atom. The Bertz CT molecular complexity index is 402. The lowest BCUT2D eigenvalue weighted by atomic mass is 10.2. The van der Waals surface area contributed by atoms with Gasteiger partial charge < -0.3 is 9.64 Å². The fraction of sp³-hybridized carbons (Fsp3) is 0.545. The molecule has 1 aliphatic heterocycles. The molecule has 0 spiro atoms. The van der Waals surface area contributed by atoms with Gasteiger partial charge >= 0.3 is 5.97 Å². The largest absolute Gasteiger partial charge is 0.462 e. The highest BCUT2D eigenvalue weighted by molar-refractivity contribution is 5.87. The van der Waals surface area contributed by atoms with E-state index in [1.807, 2.05) is 6.07 Å². The van der Waals surface area contributed by atoms with Crippen LogP contribution in [-0.4, -0.2) is 46.3 Å². The summed E-state index contributed by atoms with van der Waals surface area (Å²) < 4.78 is 6.82. The van der Waals surface area contributed by atoms with Crippen molar-refractivity contribution in [3.8, 4) is 0 Å². The Morgan fingerprint density at radius 3 is 3.06 bits per heavy atom. The second kappa shape index (κ2) is 4.99. The summed E-state index contributed by atoms with van der Waals surface area (Å²) in [4.78, 5) is 24.4. The number of carbonyl (C=O) groups is 2. The van der Waals surface area contributed by atoms with E-state index >= 15 is 0 Å². The van der Waals surface area contributed by atoms with Crippen LogP contribution in [0.2, 0.25) is 0 Å². The number of aromatic nitrogens is 2. The molecule has 0 radical (unpaired) electrons. The van der Waals surface area contributed by atoms with Crippen LogP contribution >= 0.6 is 0 Å². The molecule has 1 atom stereocenters. The summed E-state index contributed by atoms with van der Waals surface area (Å²) in [6.45, 7) is 0.808. The lowest BCUT2D eigenvalue weighted by Crippen LogP contribution is -2.36. The summed E-state index contributed by atoms with van der Waals surface area (Å²) in [5.41, 5.74) is 0. The van der Waals surface area contributed by atoms with Crippen LogP contribution in [0.5, 0.6) is 0 Å². The van der Waals surface area contributed by atoms with Gasteiger partial charge in [-0.05, 0) is 12.5 Å². The van der Waals surface area contributed by atoms with E-state index in [-0.39, 0.29) is 18.5 Å². The molecule has 1 aromatic heterocycles. The molecule has 1 unspecified atom stereocenters. The van der Waals surface area contributed by atoms with Crippen molar-refractivity contribution >= 4 is 11.9 Å². The number of ether oxygens (including phenoxy) is 1. The van der Waals surface area contributed by atoms with E-state index in [9.17, 15) is 9.59 Å². The van der Waals surface area contributed by atoms with E-state index in [0.717, 1.165) is 0 Å². The van der Waals surface area contributed by atoms with Crippen molar-refractivity contribution < 1.29 is 14.3 Å². The molecule has 6 nitrogen and oxygen atoms in total. The summed E-state index contributed by atoms with van der Waals surface area (Å²) >= 11 is 0. The summed E-state index contributed by atoms with van der Waals surface area (Å²) in [7, 11) is 1.63. The smallest absolute Gasteiger partial charge is 0.328 e. The summed E-state index contributed by atoms with van der Waals surface area (Å²) in [6, 6.07) is 1.39. The fourth-order valence-electron chi connectivity index (χ4n) is 1.85. The molecule has 2 heterocycles. The first-order valence-electron chi connectivity index (χ1n) is 5.58. The van der Waals surface area contributed by atoms with Crippen molar-refractivity contribution in [3.05, 3.63) is 18.5 Å². The average molecular weight is 237 g/mol. The Balaban J connectivity index is 1.76. The molecular weight excluding hydrogens is 222 g/mol. The van der Waals surface area contributed by atoms with E-state index in [4.69, 9.17) is 4.74 Å². The van der Waals surface area contributed by atoms with Gasteiger partial charge in [-0.15, -0.1) is 0 Å². The topological polar surface area (TPSA) is 64.4 Å². The van der Waals surface area contributed by atoms with Crippen molar-refractivity contribution in [2.45, 2.75) is 25.4 Å². The van der Waals surface area contributed by atoms with Gasteiger partial charge in [0.15, 0.2) is 0 Å². The standard InChI is InChI=1S/C11H15N3O3/c1-13-9(3-4-10(13)15)11(16)17-8-7-14-6-2-5-12-14/h2,5-6,9H,3-4,7-8H2,1H3. The maximum Gasteiger partial charge on any atom is 0.328 e. The third-order valence-corrected chi connectivity index (χ3v) is 2.89. The molecule has 92 valence electrons. The Kier molecular flexibility index (Phi) is 3.41. The zero-order chi connectivity index (χ0) is 12.3. The van der Waals surface area contributed by atoms with Gasteiger partial charge in [0.05, 0.1) is 6.54 Å². The number of rotatable bonds is 4. The zero-order valence-corrected chi connectivity index (χ0v) is 9.70. The van der Waals surface area contributed by atoms with E-state index in [1.54, 1.807) is 24.1 Å². The number of hydrogen-bond donors (Lipinski definition) is 0. The summed E-state index contributed by atoms with van der Waals surface area (Å²) in [5.74, 6) is -0.329. The molecule has 1 aromatic rings. The Morgan fingerprint density at radius 1 is 1.65 bits per heavy atom. The molecular formula is C11H15N3O3. The number of esters is 1. The van der Waals surface area contributed by atoms with Crippen molar-refractivity contribution in [1.29, 1.82) is 0 Å². The highest BCUT2D eigenvalue weighted by Gasteiger charge is 2.34. The molecule has 6 heteroatoms. The number of nitrogens with zero attached hydrogens (tertiary/aromatic N) is 3. The van der Waals surface area contributed by atoms with E-state index in [2.05, 4.69) is 5.10 Å². The third-order valence-electron chi connectivity index (χ3n) is 2.89.